The fraction of sp³-hybridized carbons (Fsp3) is 0.188. The van der Waals surface area contributed by atoms with Crippen LogP contribution in [0, 0.1) is 5.82 Å². The van der Waals surface area contributed by atoms with Crippen LogP contribution in [0.2, 0.25) is 0 Å². The molecule has 1 saturated heterocycles. The van der Waals surface area contributed by atoms with Crippen LogP contribution in [0.25, 0.3) is 0 Å². The quantitative estimate of drug-likeness (QED) is 0.839. The molecule has 0 saturated carbocycles. The minimum atomic E-state index is -3.32. The first kappa shape index (κ1) is 16.9. The fourth-order valence-corrected chi connectivity index (χ4v) is 4.41. The summed E-state index contributed by atoms with van der Waals surface area (Å²) in [6.07, 6.45) is 0.558. The van der Waals surface area contributed by atoms with Crippen LogP contribution in [0.5, 0.6) is 0 Å². The summed E-state index contributed by atoms with van der Waals surface area (Å²) in [5, 5.41) is 2.49. The molecule has 0 spiro atoms. The summed E-state index contributed by atoms with van der Waals surface area (Å²) in [6, 6.07) is 10.6. The van der Waals surface area contributed by atoms with Crippen molar-refractivity contribution in [2.24, 2.45) is 0 Å². The lowest BCUT2D eigenvalue weighted by Crippen LogP contribution is -2.25. The molecule has 1 amide bonds. The maximum Gasteiger partial charge on any atom is 0.255 e. The number of amides is 1. The number of carbonyl (C=O) groups is 1. The van der Waals surface area contributed by atoms with Crippen molar-refractivity contribution in [2.75, 3.05) is 21.9 Å². The summed E-state index contributed by atoms with van der Waals surface area (Å²) in [4.78, 5) is 12.3. The molecule has 0 aliphatic carbocycles. The number of halogens is 2. The van der Waals surface area contributed by atoms with E-state index in [0.717, 1.165) is 0 Å². The lowest BCUT2D eigenvalue weighted by molar-refractivity contribution is 0.102. The van der Waals surface area contributed by atoms with Crippen LogP contribution in [-0.4, -0.2) is 26.6 Å². The number of benzene rings is 2. The van der Waals surface area contributed by atoms with Crippen LogP contribution < -0.4 is 9.62 Å². The SMILES string of the molecule is O=C(Nc1ccc(Br)cc1F)c1cccc(N2CCCS2(=O)=O)c1. The fourth-order valence-electron chi connectivity index (χ4n) is 2.52. The molecule has 1 N–H and O–H groups in total. The molecule has 0 bridgehead atoms. The van der Waals surface area contributed by atoms with E-state index in [1.807, 2.05) is 0 Å². The summed E-state index contributed by atoms with van der Waals surface area (Å²) >= 11 is 3.15. The highest BCUT2D eigenvalue weighted by Gasteiger charge is 2.28. The molecule has 126 valence electrons. The first-order chi connectivity index (χ1) is 11.4. The largest absolute Gasteiger partial charge is 0.319 e. The number of nitrogens with zero attached hydrogens (tertiary/aromatic N) is 1. The van der Waals surface area contributed by atoms with Gasteiger partial charge in [-0.15, -0.1) is 0 Å². The number of nitrogens with one attached hydrogen (secondary N) is 1. The van der Waals surface area contributed by atoms with Crippen molar-refractivity contribution in [3.63, 3.8) is 0 Å². The van der Waals surface area contributed by atoms with Crippen molar-refractivity contribution in [1.29, 1.82) is 0 Å². The van der Waals surface area contributed by atoms with Crippen molar-refractivity contribution in [3.05, 3.63) is 58.3 Å². The summed E-state index contributed by atoms with van der Waals surface area (Å²) in [6.45, 7) is 0.398. The van der Waals surface area contributed by atoms with Gasteiger partial charge in [-0.25, -0.2) is 12.8 Å². The average Bonchev–Trinajstić information content (AvgIpc) is 2.89. The van der Waals surface area contributed by atoms with Gasteiger partial charge >= 0.3 is 0 Å². The summed E-state index contributed by atoms with van der Waals surface area (Å²) in [7, 11) is -3.32. The van der Waals surface area contributed by atoms with Crippen LogP contribution in [0.15, 0.2) is 46.9 Å². The predicted octanol–water partition coefficient (Wildman–Crippen LogP) is 3.38. The lowest BCUT2D eigenvalue weighted by Gasteiger charge is -2.17. The monoisotopic (exact) mass is 412 g/mol. The number of rotatable bonds is 3. The Kier molecular flexibility index (Phi) is 4.60. The second kappa shape index (κ2) is 6.52. The number of carbonyl (C=O) groups excluding carboxylic acids is 1. The standard InChI is InChI=1S/C16H14BrFN2O3S/c17-12-5-6-15(14(18)10-12)19-16(21)11-3-1-4-13(9-11)20-7-2-8-24(20,22)23/h1,3-6,9-10H,2,7-8H2,(H,19,21). The minimum absolute atomic E-state index is 0.0578. The molecule has 1 heterocycles. The van der Waals surface area contributed by atoms with Gasteiger partial charge < -0.3 is 5.32 Å². The summed E-state index contributed by atoms with van der Waals surface area (Å²) in [5.74, 6) is -0.960. The molecule has 0 atom stereocenters. The van der Waals surface area contributed by atoms with E-state index in [2.05, 4.69) is 21.2 Å². The topological polar surface area (TPSA) is 66.5 Å². The molecule has 5 nitrogen and oxygen atoms in total. The van der Waals surface area contributed by atoms with Gasteiger partial charge in [-0.1, -0.05) is 22.0 Å². The van der Waals surface area contributed by atoms with E-state index in [9.17, 15) is 17.6 Å². The van der Waals surface area contributed by atoms with Crippen molar-refractivity contribution >= 4 is 43.2 Å². The van der Waals surface area contributed by atoms with Gasteiger partial charge in [-0.3, -0.25) is 9.10 Å². The van der Waals surface area contributed by atoms with Gasteiger partial charge in [0.2, 0.25) is 10.0 Å². The first-order valence-electron chi connectivity index (χ1n) is 7.24. The highest BCUT2D eigenvalue weighted by molar-refractivity contribution is 9.10. The Morgan fingerprint density at radius 3 is 2.67 bits per heavy atom. The van der Waals surface area contributed by atoms with Gasteiger partial charge in [0.1, 0.15) is 5.82 Å². The van der Waals surface area contributed by atoms with Gasteiger partial charge in [0.25, 0.3) is 5.91 Å². The Hall–Kier alpha value is -1.93. The predicted molar refractivity (Wildman–Crippen MR) is 94.2 cm³/mol. The van der Waals surface area contributed by atoms with E-state index in [4.69, 9.17) is 0 Å². The maximum absolute atomic E-state index is 13.8. The third-order valence-electron chi connectivity index (χ3n) is 3.67. The highest BCUT2D eigenvalue weighted by Crippen LogP contribution is 2.25. The molecule has 1 aliphatic heterocycles. The Bertz CT molecular complexity index is 902. The van der Waals surface area contributed by atoms with Crippen LogP contribution in [0.1, 0.15) is 16.8 Å². The molecule has 1 fully saturated rings. The molecular formula is C16H14BrFN2O3S. The van der Waals surface area contributed by atoms with E-state index in [1.54, 1.807) is 24.3 Å². The first-order valence-corrected chi connectivity index (χ1v) is 9.64. The lowest BCUT2D eigenvalue weighted by atomic mass is 10.1. The van der Waals surface area contributed by atoms with Gasteiger partial charge in [0, 0.05) is 16.6 Å². The van der Waals surface area contributed by atoms with E-state index >= 15 is 0 Å². The number of sulfonamides is 1. The van der Waals surface area contributed by atoms with Crippen molar-refractivity contribution in [3.8, 4) is 0 Å². The number of hydrogen-bond donors (Lipinski definition) is 1. The zero-order chi connectivity index (χ0) is 17.3. The molecule has 2 aromatic rings. The molecular weight excluding hydrogens is 399 g/mol. The van der Waals surface area contributed by atoms with Crippen LogP contribution in [0.3, 0.4) is 0 Å². The Morgan fingerprint density at radius 2 is 2.00 bits per heavy atom. The zero-order valence-corrected chi connectivity index (χ0v) is 14.9. The van der Waals surface area contributed by atoms with Crippen molar-refractivity contribution < 1.29 is 17.6 Å². The molecule has 8 heteroatoms. The second-order valence-electron chi connectivity index (χ2n) is 5.37. The van der Waals surface area contributed by atoms with Gasteiger partial charge in [0.05, 0.1) is 17.1 Å². The third kappa shape index (κ3) is 3.44. The molecule has 3 rings (SSSR count). The Morgan fingerprint density at radius 1 is 1.21 bits per heavy atom. The normalized spacial score (nSPS) is 16.2. The molecule has 0 unspecified atom stereocenters. The smallest absolute Gasteiger partial charge is 0.255 e. The van der Waals surface area contributed by atoms with E-state index in [0.29, 0.717) is 23.1 Å². The summed E-state index contributed by atoms with van der Waals surface area (Å²) in [5.41, 5.74) is 0.760. The maximum atomic E-state index is 13.8. The number of hydrogen-bond acceptors (Lipinski definition) is 3. The molecule has 0 aromatic heterocycles. The van der Waals surface area contributed by atoms with Crippen LogP contribution in [0.4, 0.5) is 15.8 Å². The minimum Gasteiger partial charge on any atom is -0.319 e. The molecule has 1 aliphatic rings. The third-order valence-corrected chi connectivity index (χ3v) is 6.04. The van der Waals surface area contributed by atoms with Crippen molar-refractivity contribution in [2.45, 2.75) is 6.42 Å². The van der Waals surface area contributed by atoms with E-state index in [-0.39, 0.29) is 17.0 Å². The van der Waals surface area contributed by atoms with Crippen LogP contribution >= 0.6 is 15.9 Å². The second-order valence-corrected chi connectivity index (χ2v) is 8.30. The van der Waals surface area contributed by atoms with Gasteiger partial charge in [-0.05, 0) is 42.8 Å². The molecule has 2 aromatic carbocycles. The molecule has 24 heavy (non-hydrogen) atoms. The molecule has 0 radical (unpaired) electrons. The van der Waals surface area contributed by atoms with Crippen LogP contribution in [-0.2, 0) is 10.0 Å². The van der Waals surface area contributed by atoms with Crippen molar-refractivity contribution in [1.82, 2.24) is 0 Å². The summed E-state index contributed by atoms with van der Waals surface area (Å²) < 4.78 is 39.6. The average molecular weight is 413 g/mol. The highest BCUT2D eigenvalue weighted by atomic mass is 79.9. The zero-order valence-electron chi connectivity index (χ0n) is 12.5. The van der Waals surface area contributed by atoms with Gasteiger partial charge in [-0.2, -0.15) is 0 Å². The van der Waals surface area contributed by atoms with E-state index < -0.39 is 21.7 Å². The Balaban J connectivity index is 1.84. The van der Waals surface area contributed by atoms with Gasteiger partial charge in [0.15, 0.2) is 0 Å². The number of anilines is 2. The Labute approximate surface area is 147 Å². The van der Waals surface area contributed by atoms with E-state index in [1.165, 1.54) is 22.5 Å².